The molecule has 6 nitrogen and oxygen atoms in total. The molecule has 0 fully saturated rings. The van der Waals surface area contributed by atoms with Crippen LogP contribution in [0, 0.1) is 0 Å². The van der Waals surface area contributed by atoms with E-state index in [1.807, 2.05) is 39.3 Å². The van der Waals surface area contributed by atoms with Gasteiger partial charge in [-0.15, -0.1) is 0 Å². The van der Waals surface area contributed by atoms with Crippen LogP contribution in [0.15, 0.2) is 0 Å². The number of carbonyl (C=O) groups is 1. The summed E-state index contributed by atoms with van der Waals surface area (Å²) in [4.78, 5) is 16.6. The summed E-state index contributed by atoms with van der Waals surface area (Å²) >= 11 is 0. The predicted molar refractivity (Wildman–Crippen MR) is 77.5 cm³/mol. The summed E-state index contributed by atoms with van der Waals surface area (Å²) in [6, 6.07) is 0.165. The Labute approximate surface area is 120 Å². The molecule has 6 heteroatoms. The Kier molecular flexibility index (Phi) is 5.68. The van der Waals surface area contributed by atoms with E-state index in [9.17, 15) is 4.79 Å². The highest BCUT2D eigenvalue weighted by atomic mass is 16.5. The lowest BCUT2D eigenvalue weighted by atomic mass is 10.0. The monoisotopic (exact) mass is 282 g/mol. The van der Waals surface area contributed by atoms with Gasteiger partial charge in [0.25, 0.3) is 0 Å². The van der Waals surface area contributed by atoms with E-state index < -0.39 is 5.54 Å². The van der Waals surface area contributed by atoms with Gasteiger partial charge in [0.15, 0.2) is 5.82 Å². The molecule has 20 heavy (non-hydrogen) atoms. The highest BCUT2D eigenvalue weighted by Crippen LogP contribution is 2.13. The minimum Gasteiger partial charge on any atom is -0.468 e. The molecule has 0 aliphatic heterocycles. The molecule has 1 heterocycles. The van der Waals surface area contributed by atoms with Crippen LogP contribution < -0.4 is 5.32 Å². The first-order chi connectivity index (χ1) is 9.36. The zero-order valence-corrected chi connectivity index (χ0v) is 13.4. The minimum absolute atomic E-state index is 0.165. The first-order valence-corrected chi connectivity index (χ1v) is 7.15. The van der Waals surface area contributed by atoms with Crippen molar-refractivity contribution in [1.82, 2.24) is 20.1 Å². The molecule has 0 amide bonds. The van der Waals surface area contributed by atoms with Crippen LogP contribution >= 0.6 is 0 Å². The smallest absolute Gasteiger partial charge is 0.327 e. The Balaban J connectivity index is 3.06. The van der Waals surface area contributed by atoms with Crippen molar-refractivity contribution in [3.63, 3.8) is 0 Å². The van der Waals surface area contributed by atoms with E-state index >= 15 is 0 Å². The Morgan fingerprint density at radius 1 is 1.40 bits per heavy atom. The van der Waals surface area contributed by atoms with E-state index in [-0.39, 0.29) is 12.0 Å². The molecule has 1 aromatic rings. The number of esters is 1. The number of hydrogen-bond acceptors (Lipinski definition) is 5. The molecule has 0 spiro atoms. The van der Waals surface area contributed by atoms with Crippen molar-refractivity contribution in [2.75, 3.05) is 7.11 Å². The molecule has 1 rings (SSSR count). The van der Waals surface area contributed by atoms with Gasteiger partial charge in [0.05, 0.1) is 13.7 Å². The SMILES string of the molecule is CCc1nc(CC)n(CC(C)(NC(C)C)C(=O)OC)n1. The van der Waals surface area contributed by atoms with Crippen molar-refractivity contribution >= 4 is 5.97 Å². The molecular weight excluding hydrogens is 256 g/mol. The number of nitrogens with one attached hydrogen (secondary N) is 1. The van der Waals surface area contributed by atoms with Crippen molar-refractivity contribution in [3.05, 3.63) is 11.6 Å². The van der Waals surface area contributed by atoms with E-state index in [4.69, 9.17) is 4.74 Å². The van der Waals surface area contributed by atoms with E-state index in [0.717, 1.165) is 24.5 Å². The second kappa shape index (κ2) is 6.83. The maximum absolute atomic E-state index is 12.1. The molecule has 1 atom stereocenters. The van der Waals surface area contributed by atoms with Crippen molar-refractivity contribution < 1.29 is 9.53 Å². The second-order valence-corrected chi connectivity index (χ2v) is 5.43. The molecule has 0 aliphatic carbocycles. The molecule has 0 saturated carbocycles. The molecule has 1 unspecified atom stereocenters. The fourth-order valence-electron chi connectivity index (χ4n) is 2.30. The van der Waals surface area contributed by atoms with Gasteiger partial charge in [0.2, 0.25) is 0 Å². The fraction of sp³-hybridized carbons (Fsp3) is 0.786. The predicted octanol–water partition coefficient (Wildman–Crippen LogP) is 1.33. The van der Waals surface area contributed by atoms with Crippen molar-refractivity contribution in [2.24, 2.45) is 0 Å². The molecule has 1 aromatic heterocycles. The van der Waals surface area contributed by atoms with Crippen LogP contribution in [0.25, 0.3) is 0 Å². The number of aromatic nitrogens is 3. The number of carbonyl (C=O) groups excluding carboxylic acids is 1. The normalized spacial score (nSPS) is 14.3. The Morgan fingerprint density at radius 3 is 2.50 bits per heavy atom. The van der Waals surface area contributed by atoms with Crippen LogP contribution in [0.4, 0.5) is 0 Å². The van der Waals surface area contributed by atoms with Gasteiger partial charge in [-0.25, -0.2) is 14.5 Å². The van der Waals surface area contributed by atoms with Crippen molar-refractivity contribution in [2.45, 2.75) is 65.6 Å². The minimum atomic E-state index is -0.814. The highest BCUT2D eigenvalue weighted by molar-refractivity contribution is 5.80. The van der Waals surface area contributed by atoms with Crippen LogP contribution in [0.1, 0.15) is 46.3 Å². The summed E-state index contributed by atoms with van der Waals surface area (Å²) in [5, 5.41) is 7.74. The van der Waals surface area contributed by atoms with Crippen molar-refractivity contribution in [1.29, 1.82) is 0 Å². The third-order valence-electron chi connectivity index (χ3n) is 3.13. The average Bonchev–Trinajstić information content (AvgIpc) is 2.78. The lowest BCUT2D eigenvalue weighted by Gasteiger charge is -2.30. The first-order valence-electron chi connectivity index (χ1n) is 7.15. The summed E-state index contributed by atoms with van der Waals surface area (Å²) in [5.74, 6) is 1.41. The van der Waals surface area contributed by atoms with Gasteiger partial charge in [-0.2, -0.15) is 5.10 Å². The summed E-state index contributed by atoms with van der Waals surface area (Å²) in [5.41, 5.74) is -0.814. The van der Waals surface area contributed by atoms with Gasteiger partial charge in [-0.05, 0) is 20.8 Å². The first kappa shape index (κ1) is 16.6. The van der Waals surface area contributed by atoms with Crippen LogP contribution in [0.3, 0.4) is 0 Å². The van der Waals surface area contributed by atoms with Gasteiger partial charge in [0, 0.05) is 18.9 Å². The molecule has 0 saturated heterocycles. The number of methoxy groups -OCH3 is 1. The summed E-state index contributed by atoms with van der Waals surface area (Å²) < 4.78 is 6.74. The molecule has 0 bridgehead atoms. The summed E-state index contributed by atoms with van der Waals surface area (Å²) in [6.45, 7) is 10.3. The van der Waals surface area contributed by atoms with Crippen LogP contribution in [-0.2, 0) is 28.9 Å². The zero-order chi connectivity index (χ0) is 15.3. The number of ether oxygens (including phenoxy) is 1. The van der Waals surface area contributed by atoms with Crippen LogP contribution in [-0.4, -0.2) is 39.4 Å². The second-order valence-electron chi connectivity index (χ2n) is 5.43. The van der Waals surface area contributed by atoms with Gasteiger partial charge >= 0.3 is 5.97 Å². The Hall–Kier alpha value is -1.43. The van der Waals surface area contributed by atoms with E-state index in [0.29, 0.717) is 6.54 Å². The standard InChI is InChI=1S/C14H26N4O2/c1-7-11-15-12(8-2)18(17-11)9-14(5,13(19)20-6)16-10(3)4/h10,16H,7-9H2,1-6H3. The molecular formula is C14H26N4O2. The average molecular weight is 282 g/mol. The third kappa shape index (κ3) is 3.79. The molecule has 0 aromatic carbocycles. The third-order valence-corrected chi connectivity index (χ3v) is 3.13. The maximum atomic E-state index is 12.1. The highest BCUT2D eigenvalue weighted by Gasteiger charge is 2.36. The van der Waals surface area contributed by atoms with Gasteiger partial charge in [-0.3, -0.25) is 5.32 Å². The Bertz CT molecular complexity index is 456. The summed E-state index contributed by atoms with van der Waals surface area (Å²) in [7, 11) is 1.40. The molecule has 114 valence electrons. The fourth-order valence-corrected chi connectivity index (χ4v) is 2.30. The lowest BCUT2D eigenvalue weighted by molar-refractivity contribution is -0.149. The molecule has 1 N–H and O–H groups in total. The topological polar surface area (TPSA) is 69.0 Å². The lowest BCUT2D eigenvalue weighted by Crippen LogP contribution is -2.56. The number of aryl methyl sites for hydroxylation is 2. The van der Waals surface area contributed by atoms with Gasteiger partial charge < -0.3 is 4.74 Å². The molecule has 0 aliphatic rings. The van der Waals surface area contributed by atoms with E-state index in [1.54, 1.807) is 0 Å². The quantitative estimate of drug-likeness (QED) is 0.764. The largest absolute Gasteiger partial charge is 0.468 e. The van der Waals surface area contributed by atoms with E-state index in [2.05, 4.69) is 15.4 Å². The van der Waals surface area contributed by atoms with E-state index in [1.165, 1.54) is 7.11 Å². The Morgan fingerprint density at radius 2 is 2.05 bits per heavy atom. The number of nitrogens with zero attached hydrogens (tertiary/aromatic N) is 3. The number of rotatable bonds is 7. The van der Waals surface area contributed by atoms with Crippen molar-refractivity contribution in [3.8, 4) is 0 Å². The zero-order valence-electron chi connectivity index (χ0n) is 13.4. The van der Waals surface area contributed by atoms with Crippen LogP contribution in [0.2, 0.25) is 0 Å². The molecule has 0 radical (unpaired) electrons. The van der Waals surface area contributed by atoms with Crippen LogP contribution in [0.5, 0.6) is 0 Å². The maximum Gasteiger partial charge on any atom is 0.327 e. The summed E-state index contributed by atoms with van der Waals surface area (Å²) in [6.07, 6.45) is 1.57. The van der Waals surface area contributed by atoms with Gasteiger partial charge in [0.1, 0.15) is 11.4 Å². The number of hydrogen-bond donors (Lipinski definition) is 1. The van der Waals surface area contributed by atoms with Gasteiger partial charge in [-0.1, -0.05) is 13.8 Å².